The van der Waals surface area contributed by atoms with Crippen LogP contribution in [0.3, 0.4) is 0 Å². The van der Waals surface area contributed by atoms with Crippen molar-refractivity contribution < 1.29 is 4.42 Å². The minimum atomic E-state index is -0.206. The Hall–Kier alpha value is -6.46. The second-order valence-corrected chi connectivity index (χ2v) is 29.3. The van der Waals surface area contributed by atoms with E-state index in [9.17, 15) is 0 Å². The first-order valence-corrected chi connectivity index (χ1v) is 28.8. The summed E-state index contributed by atoms with van der Waals surface area (Å²) in [6.45, 7) is 40.6. The summed E-state index contributed by atoms with van der Waals surface area (Å²) in [7, 11) is 0. The Balaban J connectivity index is 1.28. The average Bonchev–Trinajstić information content (AvgIpc) is 4.04. The Kier molecular flexibility index (Phi) is 11.3. The van der Waals surface area contributed by atoms with Crippen LogP contribution in [0.25, 0.3) is 11.0 Å². The molecule has 2 aliphatic carbocycles. The fourth-order valence-corrected chi connectivity index (χ4v) is 13.6. The molecule has 0 atom stereocenters. The van der Waals surface area contributed by atoms with Gasteiger partial charge in [0.2, 0.25) is 0 Å². The molecule has 0 amide bonds. The highest BCUT2D eigenvalue weighted by Gasteiger charge is 2.49. The van der Waals surface area contributed by atoms with Crippen LogP contribution in [0.1, 0.15) is 182 Å². The van der Waals surface area contributed by atoms with Gasteiger partial charge in [-0.2, -0.15) is 0 Å². The van der Waals surface area contributed by atoms with Crippen LogP contribution in [0.5, 0.6) is 0 Å². The van der Waals surface area contributed by atoms with Crippen molar-refractivity contribution in [2.75, 3.05) is 14.7 Å². The maximum absolute atomic E-state index is 7.80. The van der Waals surface area contributed by atoms with Gasteiger partial charge in [0.1, 0.15) is 5.58 Å². The molecule has 0 bridgehead atoms. The first kappa shape index (κ1) is 51.3. The quantitative estimate of drug-likeness (QED) is 0.160. The Morgan fingerprint density at radius 1 is 0.429 bits per heavy atom. The average molecular weight is 1020 g/mol. The Morgan fingerprint density at radius 3 is 1.45 bits per heavy atom. The molecule has 0 unspecified atom stereocenters. The third-order valence-electron chi connectivity index (χ3n) is 18.8. The maximum atomic E-state index is 7.80. The number of rotatable bonds is 5. The molecule has 4 aliphatic rings. The van der Waals surface area contributed by atoms with E-state index in [0.29, 0.717) is 0 Å². The van der Waals surface area contributed by atoms with Crippen LogP contribution in [0.4, 0.5) is 51.2 Å². The summed E-state index contributed by atoms with van der Waals surface area (Å²) in [5, 5.41) is 1.19. The lowest BCUT2D eigenvalue weighted by Gasteiger charge is -2.45. The summed E-state index contributed by atoms with van der Waals surface area (Å²) in [6.07, 6.45) is 4.57. The van der Waals surface area contributed by atoms with E-state index in [1.807, 2.05) is 0 Å². The van der Waals surface area contributed by atoms with Crippen molar-refractivity contribution >= 4 is 85.5 Å². The number of hydrogen-bond donors (Lipinski definition) is 0. The van der Waals surface area contributed by atoms with Crippen molar-refractivity contribution in [3.63, 3.8) is 0 Å². The molecule has 7 aromatic carbocycles. The molecule has 5 heteroatoms. The van der Waals surface area contributed by atoms with Gasteiger partial charge in [0.25, 0.3) is 6.71 Å². The van der Waals surface area contributed by atoms with E-state index in [2.05, 4.69) is 272 Å². The zero-order valence-corrected chi connectivity index (χ0v) is 49.4. The Morgan fingerprint density at radius 2 is 0.922 bits per heavy atom. The van der Waals surface area contributed by atoms with E-state index >= 15 is 0 Å². The first-order chi connectivity index (χ1) is 36.0. The summed E-state index contributed by atoms with van der Waals surface area (Å²) in [4.78, 5) is 7.75. The molecule has 1 aromatic heterocycles. The van der Waals surface area contributed by atoms with Crippen LogP contribution in [0.15, 0.2) is 144 Å². The lowest BCUT2D eigenvalue weighted by atomic mass is 9.35. The molecule has 0 N–H and O–H groups in total. The fourth-order valence-electron chi connectivity index (χ4n) is 13.6. The highest BCUT2D eigenvalue weighted by Crippen LogP contribution is 2.55. The van der Waals surface area contributed by atoms with E-state index < -0.39 is 0 Å². The molecule has 0 saturated carbocycles. The van der Waals surface area contributed by atoms with Gasteiger partial charge in [-0.1, -0.05) is 178 Å². The number of anilines is 9. The topological polar surface area (TPSA) is 22.9 Å². The van der Waals surface area contributed by atoms with Gasteiger partial charge in [-0.25, -0.2) is 0 Å². The number of para-hydroxylation sites is 2. The molecule has 0 saturated heterocycles. The second-order valence-electron chi connectivity index (χ2n) is 29.3. The number of benzene rings is 7. The van der Waals surface area contributed by atoms with Gasteiger partial charge < -0.3 is 19.1 Å². The predicted molar refractivity (Wildman–Crippen MR) is 332 cm³/mol. The van der Waals surface area contributed by atoms with Crippen molar-refractivity contribution in [3.05, 3.63) is 178 Å². The zero-order valence-electron chi connectivity index (χ0n) is 49.4. The smallest absolute Gasteiger partial charge is 0.297 e. The molecule has 394 valence electrons. The second kappa shape index (κ2) is 17.0. The predicted octanol–water partition coefficient (Wildman–Crippen LogP) is 18.6. The summed E-state index contributed by atoms with van der Waals surface area (Å²) in [5.41, 5.74) is 24.4. The molecule has 8 aromatic rings. The first-order valence-electron chi connectivity index (χ1n) is 28.8. The van der Waals surface area contributed by atoms with Gasteiger partial charge in [0.15, 0.2) is 0 Å². The lowest BCUT2D eigenvalue weighted by Crippen LogP contribution is -2.61. The van der Waals surface area contributed by atoms with Crippen LogP contribution in [0, 0.1) is 0 Å². The molecule has 0 fully saturated rings. The van der Waals surface area contributed by atoms with Gasteiger partial charge in [0, 0.05) is 45.2 Å². The van der Waals surface area contributed by atoms with E-state index in [-0.39, 0.29) is 44.6 Å². The van der Waals surface area contributed by atoms with E-state index in [0.717, 1.165) is 59.7 Å². The molecular formula is C72H82BN3O. The minimum Gasteiger partial charge on any atom is -0.468 e. The third kappa shape index (κ3) is 8.30. The monoisotopic (exact) mass is 1020 g/mol. The number of fused-ring (bicyclic) bond motifs is 8. The van der Waals surface area contributed by atoms with E-state index in [1.165, 1.54) is 83.7 Å². The fraction of sp³-hybridized carbons (Fsp3) is 0.389. The largest absolute Gasteiger partial charge is 0.468 e. The van der Waals surface area contributed by atoms with Gasteiger partial charge in [-0.3, -0.25) is 0 Å². The van der Waals surface area contributed by atoms with Gasteiger partial charge in [-0.15, -0.1) is 0 Å². The highest BCUT2D eigenvalue weighted by molar-refractivity contribution is 7.00. The Labute approximate surface area is 462 Å². The summed E-state index contributed by atoms with van der Waals surface area (Å²) >= 11 is 0. The van der Waals surface area contributed by atoms with Gasteiger partial charge in [-0.05, 0) is 192 Å². The molecule has 12 rings (SSSR count). The third-order valence-corrected chi connectivity index (χ3v) is 18.8. The Bertz CT molecular complexity index is 3590. The maximum Gasteiger partial charge on any atom is 0.297 e. The van der Waals surface area contributed by atoms with Crippen molar-refractivity contribution in [1.82, 2.24) is 0 Å². The van der Waals surface area contributed by atoms with Gasteiger partial charge >= 0.3 is 0 Å². The normalized spacial score (nSPS) is 17.8. The van der Waals surface area contributed by atoms with Crippen LogP contribution in [0.2, 0.25) is 0 Å². The number of furan rings is 1. The molecule has 3 heterocycles. The number of nitrogens with zero attached hydrogens (tertiary/aromatic N) is 3. The van der Waals surface area contributed by atoms with Crippen molar-refractivity contribution in [2.45, 2.75) is 181 Å². The van der Waals surface area contributed by atoms with Crippen LogP contribution >= 0.6 is 0 Å². The SMILES string of the molecule is CC(C)(C)c1cc(N2c3ccc(C(C)(C)C)cc3B3c4oc5cc6c(cc5c4N(c4ccc5c(c4)C(C)(C)CCC5(C)C)c4cc(N(c5ccccc5)c5ccccc5)cc2c43)C(C)(C)CCC6(C)C)cc(C(C)(C)C)c1. The molecule has 77 heavy (non-hydrogen) atoms. The molecular weight excluding hydrogens is 934 g/mol. The molecule has 2 aliphatic heterocycles. The molecule has 4 nitrogen and oxygen atoms in total. The van der Waals surface area contributed by atoms with Crippen molar-refractivity contribution in [1.29, 1.82) is 0 Å². The summed E-state index contributed by atoms with van der Waals surface area (Å²) in [5.74, 6) is 0. The summed E-state index contributed by atoms with van der Waals surface area (Å²) in [6, 6.07) is 54.3. The molecule has 0 spiro atoms. The lowest BCUT2D eigenvalue weighted by molar-refractivity contribution is 0.332. The van der Waals surface area contributed by atoms with Crippen LogP contribution in [-0.4, -0.2) is 6.71 Å². The number of hydrogen-bond acceptors (Lipinski definition) is 4. The van der Waals surface area contributed by atoms with E-state index in [4.69, 9.17) is 4.42 Å². The van der Waals surface area contributed by atoms with Crippen molar-refractivity contribution in [3.8, 4) is 0 Å². The zero-order chi connectivity index (χ0) is 54.7. The van der Waals surface area contributed by atoms with Crippen molar-refractivity contribution in [2.24, 2.45) is 0 Å². The van der Waals surface area contributed by atoms with Crippen LogP contribution in [-0.2, 0) is 37.9 Å². The molecule has 0 radical (unpaired) electrons. The highest BCUT2D eigenvalue weighted by atomic mass is 16.3. The van der Waals surface area contributed by atoms with Gasteiger partial charge in [0.05, 0.1) is 17.0 Å². The minimum absolute atomic E-state index is 0.00127. The summed E-state index contributed by atoms with van der Waals surface area (Å²) < 4.78 is 7.80. The van der Waals surface area contributed by atoms with Crippen LogP contribution < -0.4 is 31.3 Å². The van der Waals surface area contributed by atoms with E-state index in [1.54, 1.807) is 0 Å². The standard InChI is InChI=1S/C72H82BN3O/c1-66(2,3)45-28-31-59-58(39-45)73-63-60(75(59)51-37-46(67(4,5)6)36-47(38-51)68(7,8)9)41-52(74(48-24-20-18-21-25-48)49-26-22-19-23-27-49)42-61(63)76(50-29-30-54-55(40-50)70(12,13)33-32-69(54,10)11)64-53-43-56-57(44-62(53)77-65(64)73)72(16,17)35-34-71(56,14)15/h18-31,36-44H,32-35H2,1-17H3.